The highest BCUT2D eigenvalue weighted by Gasteiger charge is 2.56. The zero-order chi connectivity index (χ0) is 17.5. The first-order chi connectivity index (χ1) is 12.2. The minimum atomic E-state index is -0.840. The van der Waals surface area contributed by atoms with Crippen molar-refractivity contribution in [3.63, 3.8) is 0 Å². The van der Waals surface area contributed by atoms with Crippen LogP contribution in [-0.2, 0) is 4.74 Å². The topological polar surface area (TPSA) is 81.5 Å². The Morgan fingerprint density at radius 2 is 1.68 bits per heavy atom. The summed E-state index contributed by atoms with van der Waals surface area (Å²) in [6, 6.07) is 19.9. The summed E-state index contributed by atoms with van der Waals surface area (Å²) in [5.74, 6) is 1.13. The first-order valence-corrected chi connectivity index (χ1v) is 9.97. The van der Waals surface area contributed by atoms with E-state index in [2.05, 4.69) is 10.0 Å². The van der Waals surface area contributed by atoms with Gasteiger partial charge in [0.05, 0.1) is 12.2 Å². The molecule has 0 spiro atoms. The molecular formula is C18H19N3O2S2. The van der Waals surface area contributed by atoms with Gasteiger partial charge in [-0.2, -0.15) is 0 Å². The van der Waals surface area contributed by atoms with Gasteiger partial charge >= 0.3 is 0 Å². The van der Waals surface area contributed by atoms with Crippen LogP contribution in [0.3, 0.4) is 0 Å². The molecule has 25 heavy (non-hydrogen) atoms. The van der Waals surface area contributed by atoms with Crippen molar-refractivity contribution in [2.45, 2.75) is 34.1 Å². The largest absolute Gasteiger partial charge is 0.392 e. The molecule has 7 heteroatoms. The lowest BCUT2D eigenvalue weighted by molar-refractivity contribution is 0.174. The third-order valence-electron chi connectivity index (χ3n) is 3.87. The number of hydrogen-bond donors (Lipinski definition) is 1. The molecule has 0 amide bonds. The molecule has 1 aliphatic heterocycles. The number of rotatable bonds is 9. The highest BCUT2D eigenvalue weighted by molar-refractivity contribution is 7.99. The predicted octanol–water partition coefficient (Wildman–Crippen LogP) is 4.73. The average Bonchev–Trinajstić information content (AvgIpc) is 3.32. The third-order valence-corrected chi connectivity index (χ3v) is 6.19. The molecule has 130 valence electrons. The summed E-state index contributed by atoms with van der Waals surface area (Å²) in [5, 5.41) is 14.1. The van der Waals surface area contributed by atoms with Crippen molar-refractivity contribution >= 4 is 23.5 Å². The van der Waals surface area contributed by atoms with Crippen molar-refractivity contribution in [2.75, 3.05) is 11.5 Å². The number of aliphatic hydroxyl groups is 1. The van der Waals surface area contributed by atoms with E-state index < -0.39 is 11.8 Å². The summed E-state index contributed by atoms with van der Waals surface area (Å²) in [6.45, 7) is 0. The molecule has 2 aromatic rings. The molecule has 3 rings (SSSR count). The standard InChI is InChI=1S/C18H19N3O2S2/c19-21-20-18(13-25-16-9-5-2-6-10-16)17(23-18)11-14(22)12-24-15-7-3-1-4-8-15/h1-10,14,17,22H,11-13H2. The van der Waals surface area contributed by atoms with Crippen molar-refractivity contribution in [3.05, 3.63) is 71.1 Å². The van der Waals surface area contributed by atoms with Gasteiger partial charge in [-0.25, -0.2) is 0 Å². The second-order valence-corrected chi connectivity index (χ2v) is 7.90. The zero-order valence-electron chi connectivity index (χ0n) is 13.6. The molecule has 2 aromatic carbocycles. The Morgan fingerprint density at radius 3 is 2.28 bits per heavy atom. The van der Waals surface area contributed by atoms with Gasteiger partial charge in [-0.3, -0.25) is 0 Å². The fourth-order valence-corrected chi connectivity index (χ4v) is 4.40. The fraction of sp³-hybridized carbons (Fsp3) is 0.333. The van der Waals surface area contributed by atoms with E-state index in [-0.39, 0.29) is 6.10 Å². The van der Waals surface area contributed by atoms with Gasteiger partial charge in [-0.1, -0.05) is 41.5 Å². The highest BCUT2D eigenvalue weighted by atomic mass is 32.2. The number of hydrogen-bond acceptors (Lipinski definition) is 5. The number of azide groups is 1. The Bertz CT molecular complexity index is 726. The monoisotopic (exact) mass is 373 g/mol. The van der Waals surface area contributed by atoms with Crippen LogP contribution in [0.15, 0.2) is 75.6 Å². The molecule has 0 bridgehead atoms. The first-order valence-electron chi connectivity index (χ1n) is 8.00. The zero-order valence-corrected chi connectivity index (χ0v) is 15.2. The maximum absolute atomic E-state index is 10.3. The Kier molecular flexibility index (Phi) is 6.29. The Balaban J connectivity index is 1.49. The van der Waals surface area contributed by atoms with E-state index in [0.717, 1.165) is 9.79 Å². The smallest absolute Gasteiger partial charge is 0.182 e. The summed E-state index contributed by atoms with van der Waals surface area (Å²) in [5.41, 5.74) is 8.01. The molecular weight excluding hydrogens is 354 g/mol. The SMILES string of the molecule is [N-]=[N+]=NC1(CSc2ccccc2)OC1CC(O)CSc1ccccc1. The van der Waals surface area contributed by atoms with Crippen LogP contribution < -0.4 is 0 Å². The maximum Gasteiger partial charge on any atom is 0.182 e. The van der Waals surface area contributed by atoms with Crippen LogP contribution in [0.4, 0.5) is 0 Å². The van der Waals surface area contributed by atoms with Crippen molar-refractivity contribution < 1.29 is 9.84 Å². The van der Waals surface area contributed by atoms with E-state index in [9.17, 15) is 5.11 Å². The van der Waals surface area contributed by atoms with Gasteiger partial charge in [-0.15, -0.1) is 23.5 Å². The van der Waals surface area contributed by atoms with Crippen LogP contribution in [0.5, 0.6) is 0 Å². The van der Waals surface area contributed by atoms with E-state index in [1.807, 2.05) is 60.7 Å². The number of benzene rings is 2. The lowest BCUT2D eigenvalue weighted by Crippen LogP contribution is -2.20. The third kappa shape index (κ3) is 5.17. The maximum atomic E-state index is 10.3. The van der Waals surface area contributed by atoms with Gasteiger partial charge in [0.25, 0.3) is 0 Å². The number of ether oxygens (including phenoxy) is 1. The van der Waals surface area contributed by atoms with Crippen molar-refractivity contribution in [1.82, 2.24) is 0 Å². The number of aliphatic hydroxyl groups excluding tert-OH is 1. The van der Waals surface area contributed by atoms with Gasteiger partial charge in [-0.05, 0) is 29.8 Å². The van der Waals surface area contributed by atoms with Gasteiger partial charge in [0.1, 0.15) is 0 Å². The summed E-state index contributed by atoms with van der Waals surface area (Å²) in [7, 11) is 0. The quantitative estimate of drug-likeness (QED) is 0.226. The van der Waals surface area contributed by atoms with E-state index >= 15 is 0 Å². The number of thioether (sulfide) groups is 2. The van der Waals surface area contributed by atoms with Crippen LogP contribution in [0, 0.1) is 0 Å². The van der Waals surface area contributed by atoms with Gasteiger partial charge in [0.15, 0.2) is 5.72 Å². The van der Waals surface area contributed by atoms with Crippen molar-refractivity contribution in [1.29, 1.82) is 0 Å². The first kappa shape index (κ1) is 18.2. The fourth-order valence-electron chi connectivity index (χ4n) is 2.49. The summed E-state index contributed by atoms with van der Waals surface area (Å²) in [4.78, 5) is 5.16. The molecule has 1 aliphatic rings. The number of nitrogens with zero attached hydrogens (tertiary/aromatic N) is 3. The minimum absolute atomic E-state index is 0.231. The molecule has 1 N–H and O–H groups in total. The van der Waals surface area contributed by atoms with E-state index in [4.69, 9.17) is 10.3 Å². The molecule has 0 saturated carbocycles. The predicted molar refractivity (Wildman–Crippen MR) is 102 cm³/mol. The molecule has 1 saturated heterocycles. The summed E-state index contributed by atoms with van der Waals surface area (Å²) < 4.78 is 5.68. The molecule has 0 aromatic heterocycles. The second kappa shape index (κ2) is 8.65. The summed E-state index contributed by atoms with van der Waals surface area (Å²) >= 11 is 3.20. The Labute approximate surface area is 155 Å². The second-order valence-electron chi connectivity index (χ2n) is 5.76. The molecule has 3 atom stereocenters. The molecule has 0 radical (unpaired) electrons. The van der Waals surface area contributed by atoms with Gasteiger partial charge in [0, 0.05) is 32.6 Å². The molecule has 5 nitrogen and oxygen atoms in total. The van der Waals surface area contributed by atoms with Crippen LogP contribution in [-0.4, -0.2) is 34.5 Å². The van der Waals surface area contributed by atoms with Crippen LogP contribution in [0.2, 0.25) is 0 Å². The van der Waals surface area contributed by atoms with Gasteiger partial charge in [0.2, 0.25) is 0 Å². The average molecular weight is 374 g/mol. The van der Waals surface area contributed by atoms with Crippen molar-refractivity contribution in [3.8, 4) is 0 Å². The molecule has 3 unspecified atom stereocenters. The lowest BCUT2D eigenvalue weighted by atomic mass is 10.1. The lowest BCUT2D eigenvalue weighted by Gasteiger charge is -2.10. The van der Waals surface area contributed by atoms with E-state index in [1.165, 1.54) is 0 Å². The highest BCUT2D eigenvalue weighted by Crippen LogP contribution is 2.45. The Hall–Kier alpha value is -1.63. The van der Waals surface area contributed by atoms with Crippen LogP contribution in [0.1, 0.15) is 6.42 Å². The Morgan fingerprint density at radius 1 is 1.08 bits per heavy atom. The molecule has 1 fully saturated rings. The van der Waals surface area contributed by atoms with Crippen molar-refractivity contribution in [2.24, 2.45) is 5.11 Å². The molecule has 0 aliphatic carbocycles. The summed E-state index contributed by atoms with van der Waals surface area (Å²) in [6.07, 6.45) is -0.271. The van der Waals surface area contributed by atoms with Gasteiger partial charge < -0.3 is 9.84 Å². The number of epoxide rings is 1. The molecule has 1 heterocycles. The minimum Gasteiger partial charge on any atom is -0.392 e. The van der Waals surface area contributed by atoms with E-state index in [1.54, 1.807) is 23.5 Å². The van der Waals surface area contributed by atoms with Crippen LogP contribution in [0.25, 0.3) is 10.4 Å². The normalized spacial score (nSPS) is 22.8. The van der Waals surface area contributed by atoms with Crippen LogP contribution >= 0.6 is 23.5 Å². The van der Waals surface area contributed by atoms with E-state index in [0.29, 0.717) is 17.9 Å².